The number of H-pyrrole nitrogens is 1. The number of nitrogens with zero attached hydrogens (tertiary/aromatic N) is 2. The number of nitrogens with one attached hydrogen (secondary N) is 1. The molecule has 1 heterocycles. The van der Waals surface area contributed by atoms with Crippen LogP contribution in [-0.4, -0.2) is 35.6 Å². The third-order valence-electron chi connectivity index (χ3n) is 4.38. The summed E-state index contributed by atoms with van der Waals surface area (Å²) in [6, 6.07) is 8.68. The molecule has 0 aliphatic rings. The van der Waals surface area contributed by atoms with Gasteiger partial charge in [0.2, 0.25) is 5.95 Å². The molecule has 6 nitrogen and oxygen atoms in total. The number of nitrogen functional groups attached to an aromatic ring is 1. The summed E-state index contributed by atoms with van der Waals surface area (Å²) in [6.45, 7) is 0. The summed E-state index contributed by atoms with van der Waals surface area (Å²) in [5.41, 5.74) is 5.70. The lowest BCUT2D eigenvalue weighted by Crippen LogP contribution is -2.09. The zero-order valence-electron chi connectivity index (χ0n) is 15.8. The Morgan fingerprint density at radius 2 is 1.80 bits per heavy atom. The number of hydrogen-bond acceptors (Lipinski definition) is 5. The van der Waals surface area contributed by atoms with Gasteiger partial charge in [0.1, 0.15) is 15.7 Å². The minimum absolute atomic E-state index is 0.000255. The third-order valence-corrected chi connectivity index (χ3v) is 5.62. The minimum atomic E-state index is -4.63. The van der Waals surface area contributed by atoms with Gasteiger partial charge in [-0.15, -0.1) is 5.10 Å². The lowest BCUT2D eigenvalue weighted by Gasteiger charge is -2.17. The summed E-state index contributed by atoms with van der Waals surface area (Å²) in [4.78, 5) is 3.90. The first kappa shape index (κ1) is 22.1. The summed E-state index contributed by atoms with van der Waals surface area (Å²) in [5.74, 6) is 0.279. The quantitative estimate of drug-likeness (QED) is 0.583. The summed E-state index contributed by atoms with van der Waals surface area (Å²) >= 11 is 6.26. The fourth-order valence-electron chi connectivity index (χ4n) is 3.01. The molecule has 0 radical (unpaired) electrons. The molecule has 160 valence electrons. The maximum Gasteiger partial charge on any atom is 0.417 e. The largest absolute Gasteiger partial charge is 0.417 e. The van der Waals surface area contributed by atoms with Gasteiger partial charge in [-0.25, -0.2) is 8.42 Å². The molecule has 0 aliphatic carbocycles. The van der Waals surface area contributed by atoms with Crippen LogP contribution < -0.4 is 5.73 Å². The summed E-state index contributed by atoms with van der Waals surface area (Å²) in [6.07, 6.45) is -3.17. The highest BCUT2D eigenvalue weighted by Gasteiger charge is 2.35. The van der Waals surface area contributed by atoms with Gasteiger partial charge in [0.05, 0.1) is 11.3 Å². The second-order valence-electron chi connectivity index (χ2n) is 6.89. The van der Waals surface area contributed by atoms with Crippen molar-refractivity contribution in [2.24, 2.45) is 0 Å². The van der Waals surface area contributed by atoms with E-state index in [-0.39, 0.29) is 40.7 Å². The fraction of sp³-hybridized carbons (Fsp3) is 0.263. The molecule has 0 aliphatic heterocycles. The SMILES string of the molecule is CS(=O)(=O)CCc1ccc(-c2c(Cl)cc(Cc3nc(N)n[nH]3)cc2C(F)(F)F)cc1. The van der Waals surface area contributed by atoms with E-state index >= 15 is 0 Å². The summed E-state index contributed by atoms with van der Waals surface area (Å²) < 4.78 is 64.0. The fourth-order valence-corrected chi connectivity index (χ4v) is 3.96. The molecule has 1 aromatic heterocycles. The number of benzene rings is 2. The number of aryl methyl sites for hydroxylation is 1. The maximum absolute atomic E-state index is 13.8. The standard InChI is InChI=1S/C19H18ClF3N4O2S/c1-30(28,29)7-6-11-2-4-13(5-3-11)17-14(19(21,22)23)8-12(9-15(17)20)10-16-25-18(24)27-26-16/h2-5,8-9H,6-7,10H2,1H3,(H3,24,25,26,27). The number of alkyl halides is 3. The van der Waals surface area contributed by atoms with E-state index in [0.29, 0.717) is 17.0 Å². The Kier molecular flexibility index (Phi) is 6.09. The highest BCUT2D eigenvalue weighted by atomic mass is 35.5. The molecule has 11 heteroatoms. The molecule has 0 saturated carbocycles. The number of rotatable bonds is 6. The highest BCUT2D eigenvalue weighted by molar-refractivity contribution is 7.90. The zero-order chi connectivity index (χ0) is 22.1. The lowest BCUT2D eigenvalue weighted by molar-refractivity contribution is -0.137. The van der Waals surface area contributed by atoms with Crippen LogP contribution in [0.1, 0.15) is 22.5 Å². The van der Waals surface area contributed by atoms with Crippen LogP contribution in [-0.2, 0) is 28.9 Å². The molecule has 30 heavy (non-hydrogen) atoms. The first-order valence-electron chi connectivity index (χ1n) is 8.76. The molecule has 0 amide bonds. The van der Waals surface area contributed by atoms with Gasteiger partial charge in [-0.1, -0.05) is 35.9 Å². The van der Waals surface area contributed by atoms with Crippen LogP contribution in [0.2, 0.25) is 5.02 Å². The van der Waals surface area contributed by atoms with Gasteiger partial charge >= 0.3 is 6.18 Å². The van der Waals surface area contributed by atoms with E-state index < -0.39 is 21.6 Å². The van der Waals surface area contributed by atoms with Crippen molar-refractivity contribution < 1.29 is 21.6 Å². The van der Waals surface area contributed by atoms with Gasteiger partial charge in [-0.2, -0.15) is 18.2 Å². The Bertz CT molecular complexity index is 1160. The van der Waals surface area contributed by atoms with Crippen LogP contribution in [0.25, 0.3) is 11.1 Å². The number of anilines is 1. The minimum Gasteiger partial charge on any atom is -0.367 e. The zero-order valence-corrected chi connectivity index (χ0v) is 17.4. The van der Waals surface area contributed by atoms with Crippen molar-refractivity contribution in [1.29, 1.82) is 0 Å². The van der Waals surface area contributed by atoms with Crippen molar-refractivity contribution in [2.75, 3.05) is 17.7 Å². The number of aromatic nitrogens is 3. The average Bonchev–Trinajstić information content (AvgIpc) is 3.03. The van der Waals surface area contributed by atoms with Crippen molar-refractivity contribution in [3.63, 3.8) is 0 Å². The van der Waals surface area contributed by atoms with Crippen molar-refractivity contribution in [2.45, 2.75) is 19.0 Å². The Morgan fingerprint density at radius 3 is 2.33 bits per heavy atom. The molecule has 3 N–H and O–H groups in total. The molecule has 3 aromatic rings. The predicted octanol–water partition coefficient (Wildman–Crippen LogP) is 3.90. The Balaban J connectivity index is 1.97. The van der Waals surface area contributed by atoms with Crippen LogP contribution in [0, 0.1) is 0 Å². The normalized spacial score (nSPS) is 12.3. The number of aromatic amines is 1. The van der Waals surface area contributed by atoms with Crippen molar-refractivity contribution >= 4 is 27.4 Å². The van der Waals surface area contributed by atoms with E-state index in [1.807, 2.05) is 0 Å². The second kappa shape index (κ2) is 8.27. The van der Waals surface area contributed by atoms with Gasteiger partial charge in [0.15, 0.2) is 0 Å². The van der Waals surface area contributed by atoms with E-state index in [4.69, 9.17) is 17.3 Å². The van der Waals surface area contributed by atoms with Gasteiger partial charge in [0, 0.05) is 23.3 Å². The molecule has 0 bridgehead atoms. The van der Waals surface area contributed by atoms with E-state index in [2.05, 4.69) is 15.2 Å². The van der Waals surface area contributed by atoms with E-state index in [1.165, 1.54) is 18.2 Å². The molecule has 0 spiro atoms. The number of nitrogens with two attached hydrogens (primary N) is 1. The lowest BCUT2D eigenvalue weighted by atomic mass is 9.95. The van der Waals surface area contributed by atoms with Gasteiger partial charge in [-0.3, -0.25) is 5.10 Å². The van der Waals surface area contributed by atoms with Crippen molar-refractivity contribution in [3.05, 3.63) is 63.9 Å². The molecular formula is C19H18ClF3N4O2S. The highest BCUT2D eigenvalue weighted by Crippen LogP contribution is 2.42. The molecule has 0 unspecified atom stereocenters. The van der Waals surface area contributed by atoms with Crippen molar-refractivity contribution in [3.8, 4) is 11.1 Å². The molecule has 0 saturated heterocycles. The third kappa shape index (κ3) is 5.51. The maximum atomic E-state index is 13.8. The second-order valence-corrected chi connectivity index (χ2v) is 9.56. The first-order chi connectivity index (χ1) is 13.9. The molecule has 3 rings (SSSR count). The smallest absolute Gasteiger partial charge is 0.367 e. The first-order valence-corrected chi connectivity index (χ1v) is 11.2. The Labute approximate surface area is 176 Å². The van der Waals surface area contributed by atoms with Crippen LogP contribution in [0.4, 0.5) is 19.1 Å². The van der Waals surface area contributed by atoms with Crippen LogP contribution in [0.3, 0.4) is 0 Å². The summed E-state index contributed by atoms with van der Waals surface area (Å²) in [7, 11) is -3.14. The molecule has 0 fully saturated rings. The summed E-state index contributed by atoms with van der Waals surface area (Å²) in [5, 5.41) is 6.15. The van der Waals surface area contributed by atoms with Gasteiger partial charge in [-0.05, 0) is 35.2 Å². The molecular weight excluding hydrogens is 441 g/mol. The molecule has 2 aromatic carbocycles. The Morgan fingerprint density at radius 1 is 1.13 bits per heavy atom. The monoisotopic (exact) mass is 458 g/mol. The average molecular weight is 459 g/mol. The number of hydrogen-bond donors (Lipinski definition) is 2. The topological polar surface area (TPSA) is 102 Å². The van der Waals surface area contributed by atoms with Crippen molar-refractivity contribution in [1.82, 2.24) is 15.2 Å². The predicted molar refractivity (Wildman–Crippen MR) is 109 cm³/mol. The van der Waals surface area contributed by atoms with Crippen LogP contribution >= 0.6 is 11.6 Å². The van der Waals surface area contributed by atoms with Crippen LogP contribution in [0.5, 0.6) is 0 Å². The number of halogens is 4. The molecule has 0 atom stereocenters. The van der Waals surface area contributed by atoms with Crippen LogP contribution in [0.15, 0.2) is 36.4 Å². The van der Waals surface area contributed by atoms with E-state index in [1.54, 1.807) is 12.1 Å². The van der Waals surface area contributed by atoms with E-state index in [9.17, 15) is 21.6 Å². The Hall–Kier alpha value is -2.59. The van der Waals surface area contributed by atoms with Gasteiger partial charge < -0.3 is 5.73 Å². The number of sulfone groups is 1. The van der Waals surface area contributed by atoms with E-state index in [0.717, 1.165) is 12.3 Å². The van der Waals surface area contributed by atoms with Gasteiger partial charge in [0.25, 0.3) is 0 Å².